The second-order valence-corrected chi connectivity index (χ2v) is 2.54. The fourth-order valence-corrected chi connectivity index (χ4v) is 1.05. The maximum absolute atomic E-state index is 9.98. The van der Waals surface area contributed by atoms with Crippen LogP contribution in [0.2, 0.25) is 0 Å². The smallest absolute Gasteiger partial charge is 0.151 e. The lowest BCUT2D eigenvalue weighted by Gasteiger charge is -1.76. The summed E-state index contributed by atoms with van der Waals surface area (Å²) < 4.78 is 5.02. The van der Waals surface area contributed by atoms with E-state index in [-0.39, 0.29) is 6.10 Å². The SMILES string of the molecule is O=C[C@@H]1O[C@@H]1C1CC1. The normalized spacial score (nSPS) is 44.0. The summed E-state index contributed by atoms with van der Waals surface area (Å²) in [6.45, 7) is 0. The molecule has 1 heterocycles. The highest BCUT2D eigenvalue weighted by Gasteiger charge is 2.49. The lowest BCUT2D eigenvalue weighted by molar-refractivity contribution is -0.108. The summed E-state index contributed by atoms with van der Waals surface area (Å²) in [5, 5.41) is 0. The standard InChI is InChI=1S/C6H8O2/c7-3-5-6(8-5)4-1-2-4/h3-6H,1-2H2/t5-,6+/m0/s1. The van der Waals surface area contributed by atoms with Gasteiger partial charge in [-0.2, -0.15) is 0 Å². The highest BCUT2D eigenvalue weighted by molar-refractivity contribution is 5.60. The first kappa shape index (κ1) is 4.50. The lowest BCUT2D eigenvalue weighted by Crippen LogP contribution is -1.95. The van der Waals surface area contributed by atoms with Gasteiger partial charge in [0, 0.05) is 0 Å². The molecule has 44 valence electrons. The van der Waals surface area contributed by atoms with E-state index < -0.39 is 0 Å². The van der Waals surface area contributed by atoms with Gasteiger partial charge >= 0.3 is 0 Å². The zero-order chi connectivity index (χ0) is 5.56. The van der Waals surface area contributed by atoms with E-state index in [0.717, 1.165) is 12.2 Å². The zero-order valence-electron chi connectivity index (χ0n) is 4.54. The topological polar surface area (TPSA) is 29.6 Å². The third kappa shape index (κ3) is 0.564. The van der Waals surface area contributed by atoms with Gasteiger partial charge in [-0.05, 0) is 18.8 Å². The molecule has 2 heteroatoms. The molecule has 1 saturated heterocycles. The van der Waals surface area contributed by atoms with E-state index >= 15 is 0 Å². The van der Waals surface area contributed by atoms with Gasteiger partial charge in [-0.25, -0.2) is 0 Å². The van der Waals surface area contributed by atoms with Crippen molar-refractivity contribution < 1.29 is 9.53 Å². The van der Waals surface area contributed by atoms with Crippen LogP contribution in [-0.2, 0) is 9.53 Å². The van der Waals surface area contributed by atoms with Crippen molar-refractivity contribution in [1.82, 2.24) is 0 Å². The summed E-state index contributed by atoms with van der Waals surface area (Å²) in [4.78, 5) is 9.98. The van der Waals surface area contributed by atoms with Crippen molar-refractivity contribution in [3.63, 3.8) is 0 Å². The quantitative estimate of drug-likeness (QED) is 0.381. The monoisotopic (exact) mass is 112 g/mol. The second kappa shape index (κ2) is 1.32. The van der Waals surface area contributed by atoms with Crippen LogP contribution < -0.4 is 0 Å². The van der Waals surface area contributed by atoms with Crippen molar-refractivity contribution in [1.29, 1.82) is 0 Å². The summed E-state index contributed by atoms with van der Waals surface area (Å²) in [5.74, 6) is 0.741. The van der Waals surface area contributed by atoms with Crippen LogP contribution in [0.3, 0.4) is 0 Å². The Morgan fingerprint density at radius 1 is 1.50 bits per heavy atom. The van der Waals surface area contributed by atoms with Crippen LogP contribution in [-0.4, -0.2) is 18.5 Å². The summed E-state index contributed by atoms with van der Waals surface area (Å²) >= 11 is 0. The van der Waals surface area contributed by atoms with E-state index in [0.29, 0.717) is 6.10 Å². The first-order valence-electron chi connectivity index (χ1n) is 3.02. The highest BCUT2D eigenvalue weighted by atomic mass is 16.6. The van der Waals surface area contributed by atoms with Crippen LogP contribution in [0.5, 0.6) is 0 Å². The molecule has 0 N–H and O–H groups in total. The van der Waals surface area contributed by atoms with E-state index in [9.17, 15) is 4.79 Å². The second-order valence-electron chi connectivity index (χ2n) is 2.54. The predicted octanol–water partition coefficient (Wildman–Crippen LogP) is 0.363. The molecule has 0 aromatic heterocycles. The van der Waals surface area contributed by atoms with Gasteiger partial charge in [0.2, 0.25) is 0 Å². The Balaban J connectivity index is 1.86. The average molecular weight is 112 g/mol. The molecule has 1 saturated carbocycles. The Bertz CT molecular complexity index is 118. The van der Waals surface area contributed by atoms with Gasteiger partial charge in [-0.1, -0.05) is 0 Å². The molecule has 0 aromatic rings. The third-order valence-electron chi connectivity index (χ3n) is 1.78. The first-order valence-corrected chi connectivity index (χ1v) is 3.02. The van der Waals surface area contributed by atoms with Crippen LogP contribution in [0.1, 0.15) is 12.8 Å². The molecular formula is C6H8O2. The van der Waals surface area contributed by atoms with Crippen molar-refractivity contribution in [3.8, 4) is 0 Å². The fraction of sp³-hybridized carbons (Fsp3) is 0.833. The molecule has 2 fully saturated rings. The van der Waals surface area contributed by atoms with Crippen LogP contribution in [0.4, 0.5) is 0 Å². The molecule has 1 aliphatic carbocycles. The maximum atomic E-state index is 9.98. The minimum atomic E-state index is -0.0255. The van der Waals surface area contributed by atoms with E-state index in [2.05, 4.69) is 0 Å². The number of hydrogen-bond acceptors (Lipinski definition) is 2. The molecule has 0 aromatic carbocycles. The molecule has 0 bridgehead atoms. The molecule has 2 aliphatic rings. The number of rotatable bonds is 2. The van der Waals surface area contributed by atoms with Crippen molar-refractivity contribution in [2.75, 3.05) is 0 Å². The van der Waals surface area contributed by atoms with E-state index in [1.54, 1.807) is 0 Å². The van der Waals surface area contributed by atoms with Gasteiger partial charge in [0.1, 0.15) is 6.10 Å². The molecule has 2 rings (SSSR count). The van der Waals surface area contributed by atoms with Crippen LogP contribution >= 0.6 is 0 Å². The van der Waals surface area contributed by atoms with Gasteiger partial charge in [0.05, 0.1) is 6.10 Å². The fourth-order valence-electron chi connectivity index (χ4n) is 1.05. The van der Waals surface area contributed by atoms with Crippen molar-refractivity contribution in [2.24, 2.45) is 5.92 Å². The number of epoxide rings is 1. The minimum absolute atomic E-state index is 0.0255. The van der Waals surface area contributed by atoms with Crippen LogP contribution in [0.15, 0.2) is 0 Å². The predicted molar refractivity (Wildman–Crippen MR) is 27.4 cm³/mol. The largest absolute Gasteiger partial charge is 0.361 e. The highest BCUT2D eigenvalue weighted by Crippen LogP contribution is 2.43. The Hall–Kier alpha value is -0.370. The molecule has 2 atom stereocenters. The summed E-state index contributed by atoms with van der Waals surface area (Å²) in [6.07, 6.45) is 3.75. The summed E-state index contributed by atoms with van der Waals surface area (Å²) in [6, 6.07) is 0. The van der Waals surface area contributed by atoms with E-state index in [1.807, 2.05) is 0 Å². The zero-order valence-corrected chi connectivity index (χ0v) is 4.54. The van der Waals surface area contributed by atoms with Crippen molar-refractivity contribution in [2.45, 2.75) is 25.0 Å². The lowest BCUT2D eigenvalue weighted by atomic mass is 10.2. The van der Waals surface area contributed by atoms with Gasteiger partial charge < -0.3 is 9.53 Å². The molecule has 0 amide bonds. The van der Waals surface area contributed by atoms with Gasteiger partial charge in [0.15, 0.2) is 6.29 Å². The number of carbonyl (C=O) groups excluding carboxylic acids is 1. The third-order valence-corrected chi connectivity index (χ3v) is 1.78. The molecule has 2 nitrogen and oxygen atoms in total. The van der Waals surface area contributed by atoms with Gasteiger partial charge in [-0.15, -0.1) is 0 Å². The molecule has 0 radical (unpaired) electrons. The minimum Gasteiger partial charge on any atom is -0.361 e. The summed E-state index contributed by atoms with van der Waals surface area (Å²) in [5.41, 5.74) is 0. The number of aldehydes is 1. The Morgan fingerprint density at radius 2 is 2.25 bits per heavy atom. The molecule has 0 unspecified atom stereocenters. The Kier molecular flexibility index (Phi) is 0.742. The molecule has 1 aliphatic heterocycles. The molecule has 8 heavy (non-hydrogen) atoms. The first-order chi connectivity index (χ1) is 3.92. The Morgan fingerprint density at radius 3 is 2.62 bits per heavy atom. The van der Waals surface area contributed by atoms with E-state index in [1.165, 1.54) is 12.8 Å². The maximum Gasteiger partial charge on any atom is 0.151 e. The summed E-state index contributed by atoms with van der Waals surface area (Å²) in [7, 11) is 0. The molecule has 0 spiro atoms. The number of ether oxygens (including phenoxy) is 1. The van der Waals surface area contributed by atoms with Crippen LogP contribution in [0.25, 0.3) is 0 Å². The van der Waals surface area contributed by atoms with Crippen LogP contribution in [0, 0.1) is 5.92 Å². The average Bonchev–Trinajstić information content (AvgIpc) is 2.62. The molecular weight excluding hydrogens is 104 g/mol. The van der Waals surface area contributed by atoms with Crippen molar-refractivity contribution in [3.05, 3.63) is 0 Å². The van der Waals surface area contributed by atoms with Crippen molar-refractivity contribution >= 4 is 6.29 Å². The van der Waals surface area contributed by atoms with Gasteiger partial charge in [-0.3, -0.25) is 0 Å². The number of hydrogen-bond donors (Lipinski definition) is 0. The Labute approximate surface area is 47.8 Å². The van der Waals surface area contributed by atoms with E-state index in [4.69, 9.17) is 4.74 Å². The van der Waals surface area contributed by atoms with Gasteiger partial charge in [0.25, 0.3) is 0 Å². The number of carbonyl (C=O) groups is 1.